The van der Waals surface area contributed by atoms with Crippen molar-refractivity contribution in [2.75, 3.05) is 26.2 Å². The normalized spacial score (nSPS) is 18.1. The number of rotatable bonds is 5. The minimum absolute atomic E-state index is 0.0264. The van der Waals surface area contributed by atoms with Crippen LogP contribution in [0.25, 0.3) is 0 Å². The number of hydrogen-bond donors (Lipinski definition) is 0. The second-order valence-electron chi connectivity index (χ2n) is 9.16. The zero-order chi connectivity index (χ0) is 22.7. The van der Waals surface area contributed by atoms with Crippen LogP contribution in [-0.4, -0.2) is 52.9 Å². The Kier molecular flexibility index (Phi) is 6.82. The van der Waals surface area contributed by atoms with Crippen molar-refractivity contribution in [3.63, 3.8) is 0 Å². The van der Waals surface area contributed by atoms with Gasteiger partial charge in [-0.2, -0.15) is 0 Å². The average Bonchev–Trinajstić information content (AvgIpc) is 3.14. The van der Waals surface area contributed by atoms with Crippen LogP contribution >= 0.6 is 0 Å². The number of benzene rings is 1. The van der Waals surface area contributed by atoms with Crippen molar-refractivity contribution in [1.82, 2.24) is 15.0 Å². The summed E-state index contributed by atoms with van der Waals surface area (Å²) in [6.45, 7) is 9.21. The molecule has 0 N–H and O–H groups in total. The number of piperidine rings is 2. The van der Waals surface area contributed by atoms with Gasteiger partial charge in [0.15, 0.2) is 0 Å². The number of para-hydroxylation sites is 1. The van der Waals surface area contributed by atoms with E-state index in [1.165, 1.54) is 0 Å². The van der Waals surface area contributed by atoms with Gasteiger partial charge in [-0.1, -0.05) is 24.2 Å². The quantitative estimate of drug-likeness (QED) is 0.704. The van der Waals surface area contributed by atoms with Crippen LogP contribution in [-0.2, 0) is 11.4 Å². The minimum atomic E-state index is -0.0444. The van der Waals surface area contributed by atoms with Gasteiger partial charge in [-0.15, -0.1) is 0 Å². The summed E-state index contributed by atoms with van der Waals surface area (Å²) in [5, 5.41) is 3.96. The van der Waals surface area contributed by atoms with Gasteiger partial charge in [-0.25, -0.2) is 0 Å². The van der Waals surface area contributed by atoms with Crippen LogP contribution in [0, 0.1) is 25.7 Å². The van der Waals surface area contributed by atoms with E-state index in [1.54, 1.807) is 6.07 Å². The van der Waals surface area contributed by atoms with Crippen molar-refractivity contribution in [2.24, 2.45) is 11.8 Å². The van der Waals surface area contributed by atoms with E-state index in [2.05, 4.69) is 12.1 Å². The third kappa shape index (κ3) is 4.81. The number of aromatic nitrogens is 1. The summed E-state index contributed by atoms with van der Waals surface area (Å²) in [7, 11) is 0. The van der Waals surface area contributed by atoms with Crippen molar-refractivity contribution in [3.05, 3.63) is 46.8 Å². The maximum Gasteiger partial charge on any atom is 0.257 e. The Labute approximate surface area is 189 Å². The molecule has 2 amide bonds. The molecule has 4 rings (SSSR count). The van der Waals surface area contributed by atoms with Crippen LogP contribution in [0.1, 0.15) is 60.0 Å². The number of ether oxygens (including phenoxy) is 1. The molecule has 2 aliphatic heterocycles. The van der Waals surface area contributed by atoms with E-state index in [9.17, 15) is 9.59 Å². The zero-order valence-electron chi connectivity index (χ0n) is 19.3. The van der Waals surface area contributed by atoms with Gasteiger partial charge in [-0.3, -0.25) is 9.59 Å². The van der Waals surface area contributed by atoms with Crippen molar-refractivity contribution in [2.45, 2.75) is 53.1 Å². The molecule has 0 radical (unpaired) electrons. The first-order chi connectivity index (χ1) is 15.4. The fourth-order valence-electron chi connectivity index (χ4n) is 4.61. The van der Waals surface area contributed by atoms with Gasteiger partial charge >= 0.3 is 0 Å². The molecule has 0 atom stereocenters. The van der Waals surface area contributed by atoms with E-state index in [-0.39, 0.29) is 17.7 Å². The Morgan fingerprint density at radius 3 is 2.34 bits per heavy atom. The molecule has 1 aromatic carbocycles. The van der Waals surface area contributed by atoms with E-state index >= 15 is 0 Å². The summed E-state index contributed by atoms with van der Waals surface area (Å²) in [5.74, 6) is 2.24. The first-order valence-electron chi connectivity index (χ1n) is 11.7. The predicted octanol–water partition coefficient (Wildman–Crippen LogP) is 3.98. The van der Waals surface area contributed by atoms with Gasteiger partial charge in [0, 0.05) is 32.1 Å². The summed E-state index contributed by atoms with van der Waals surface area (Å²) in [6.07, 6.45) is 3.62. The number of likely N-dealkylation sites (tertiary alicyclic amines) is 2. The van der Waals surface area contributed by atoms with Gasteiger partial charge < -0.3 is 19.1 Å². The van der Waals surface area contributed by atoms with Gasteiger partial charge in [0.05, 0.1) is 16.8 Å². The molecule has 0 spiro atoms. The lowest BCUT2D eigenvalue weighted by molar-refractivity contribution is -0.138. The molecule has 7 nitrogen and oxygen atoms in total. The van der Waals surface area contributed by atoms with E-state index in [0.29, 0.717) is 36.9 Å². The lowest BCUT2D eigenvalue weighted by atomic mass is 9.92. The Hall–Kier alpha value is -2.83. The van der Waals surface area contributed by atoms with E-state index in [0.717, 1.165) is 55.8 Å². The zero-order valence-corrected chi connectivity index (χ0v) is 19.3. The Morgan fingerprint density at radius 2 is 1.69 bits per heavy atom. The number of amides is 2. The average molecular weight is 440 g/mol. The van der Waals surface area contributed by atoms with Crippen molar-refractivity contribution in [3.8, 4) is 5.75 Å². The lowest BCUT2D eigenvalue weighted by Crippen LogP contribution is -2.46. The second kappa shape index (κ2) is 9.76. The number of aryl methyl sites for hydroxylation is 2. The number of nitrogens with zero attached hydrogens (tertiary/aromatic N) is 3. The van der Waals surface area contributed by atoms with Crippen LogP contribution in [0.4, 0.5) is 0 Å². The maximum atomic E-state index is 13.2. The number of carbonyl (C=O) groups is 2. The van der Waals surface area contributed by atoms with Gasteiger partial charge in [0.1, 0.15) is 18.1 Å². The molecule has 3 heterocycles. The highest BCUT2D eigenvalue weighted by Crippen LogP contribution is 2.27. The highest BCUT2D eigenvalue weighted by atomic mass is 16.5. The molecular weight excluding hydrogens is 406 g/mol. The van der Waals surface area contributed by atoms with Gasteiger partial charge in [-0.05, 0) is 57.6 Å². The van der Waals surface area contributed by atoms with Crippen molar-refractivity contribution in [1.29, 1.82) is 0 Å². The fourth-order valence-corrected chi connectivity index (χ4v) is 4.61. The van der Waals surface area contributed by atoms with Gasteiger partial charge in [0.2, 0.25) is 5.91 Å². The molecule has 2 aromatic rings. The molecule has 32 heavy (non-hydrogen) atoms. The van der Waals surface area contributed by atoms with Gasteiger partial charge in [0.25, 0.3) is 5.91 Å². The largest absolute Gasteiger partial charge is 0.488 e. The molecule has 0 unspecified atom stereocenters. The monoisotopic (exact) mass is 439 g/mol. The SMILES string of the molecule is Cc1noc(C)c1COc1ccccc1C(=O)N1CCC(C(=O)N2CCC(C)CC2)CC1. The molecule has 2 saturated heterocycles. The molecule has 0 aliphatic carbocycles. The summed E-state index contributed by atoms with van der Waals surface area (Å²) >= 11 is 0. The smallest absolute Gasteiger partial charge is 0.257 e. The second-order valence-corrected chi connectivity index (χ2v) is 9.16. The van der Waals surface area contributed by atoms with Crippen LogP contribution < -0.4 is 4.74 Å². The third-order valence-electron chi connectivity index (χ3n) is 6.90. The standard InChI is InChI=1S/C25H33N3O4/c1-17-8-12-27(13-9-17)24(29)20-10-14-28(15-11-20)25(30)21-6-4-5-7-23(21)31-16-22-18(2)26-32-19(22)3/h4-7,17,20H,8-16H2,1-3H3. The molecule has 0 bridgehead atoms. The molecule has 0 saturated carbocycles. The van der Waals surface area contributed by atoms with Crippen LogP contribution in [0.5, 0.6) is 5.75 Å². The molecule has 2 aliphatic rings. The van der Waals surface area contributed by atoms with Crippen molar-refractivity contribution >= 4 is 11.8 Å². The Bertz CT molecular complexity index is 934. The summed E-state index contributed by atoms with van der Waals surface area (Å²) < 4.78 is 11.2. The summed E-state index contributed by atoms with van der Waals surface area (Å²) in [6, 6.07) is 7.34. The summed E-state index contributed by atoms with van der Waals surface area (Å²) in [5.41, 5.74) is 2.24. The van der Waals surface area contributed by atoms with Crippen LogP contribution in [0.3, 0.4) is 0 Å². The molecular formula is C25H33N3O4. The highest BCUT2D eigenvalue weighted by Gasteiger charge is 2.32. The predicted molar refractivity (Wildman–Crippen MR) is 120 cm³/mol. The number of carbonyl (C=O) groups excluding carboxylic acids is 2. The lowest BCUT2D eigenvalue weighted by Gasteiger charge is -2.36. The van der Waals surface area contributed by atoms with Crippen LogP contribution in [0.15, 0.2) is 28.8 Å². The Morgan fingerprint density at radius 1 is 1.03 bits per heavy atom. The number of hydrogen-bond acceptors (Lipinski definition) is 5. The maximum absolute atomic E-state index is 13.2. The molecule has 1 aromatic heterocycles. The first-order valence-corrected chi connectivity index (χ1v) is 11.7. The fraction of sp³-hybridized carbons (Fsp3) is 0.560. The van der Waals surface area contributed by atoms with E-state index in [1.807, 2.05) is 41.8 Å². The first kappa shape index (κ1) is 22.4. The molecule has 7 heteroatoms. The molecule has 2 fully saturated rings. The Balaban J connectivity index is 1.36. The molecule has 172 valence electrons. The highest BCUT2D eigenvalue weighted by molar-refractivity contribution is 5.97. The third-order valence-corrected chi connectivity index (χ3v) is 6.90. The van der Waals surface area contributed by atoms with E-state index < -0.39 is 0 Å². The van der Waals surface area contributed by atoms with Crippen molar-refractivity contribution < 1.29 is 18.8 Å². The minimum Gasteiger partial charge on any atom is -0.488 e. The van der Waals surface area contributed by atoms with E-state index in [4.69, 9.17) is 9.26 Å². The van der Waals surface area contributed by atoms with Crippen LogP contribution in [0.2, 0.25) is 0 Å². The summed E-state index contributed by atoms with van der Waals surface area (Å²) in [4.78, 5) is 30.0. The topological polar surface area (TPSA) is 75.9 Å².